The summed E-state index contributed by atoms with van der Waals surface area (Å²) in [7, 11) is 0. The van der Waals surface area contributed by atoms with E-state index in [-0.39, 0.29) is 6.04 Å². The molecular weight excluding hydrogens is 314 g/mol. The van der Waals surface area contributed by atoms with E-state index < -0.39 is 0 Å². The summed E-state index contributed by atoms with van der Waals surface area (Å²) in [5, 5.41) is 6.52. The van der Waals surface area contributed by atoms with Crippen LogP contribution in [0, 0.1) is 0 Å². The van der Waals surface area contributed by atoms with Gasteiger partial charge in [0.15, 0.2) is 5.82 Å². The van der Waals surface area contributed by atoms with Crippen LogP contribution < -0.4 is 16.4 Å². The first kappa shape index (κ1) is 16.8. The molecule has 0 aliphatic heterocycles. The van der Waals surface area contributed by atoms with Crippen LogP contribution in [0.25, 0.3) is 11.4 Å². The number of benzene rings is 1. The van der Waals surface area contributed by atoms with Gasteiger partial charge in [-0.1, -0.05) is 19.1 Å². The Hall–Kier alpha value is -3.06. The monoisotopic (exact) mass is 335 g/mol. The average molecular weight is 335 g/mol. The fourth-order valence-electron chi connectivity index (χ4n) is 2.34. The molecule has 0 amide bonds. The van der Waals surface area contributed by atoms with Crippen molar-refractivity contribution < 1.29 is 0 Å². The van der Waals surface area contributed by atoms with Gasteiger partial charge in [0.1, 0.15) is 5.82 Å². The summed E-state index contributed by atoms with van der Waals surface area (Å²) in [4.78, 5) is 17.3. The normalized spacial score (nSPS) is 11.8. The van der Waals surface area contributed by atoms with E-state index in [2.05, 4.69) is 37.5 Å². The van der Waals surface area contributed by atoms with Gasteiger partial charge in [-0.25, -0.2) is 15.0 Å². The molecule has 7 heteroatoms. The number of anilines is 3. The van der Waals surface area contributed by atoms with Crippen molar-refractivity contribution in [3.63, 3.8) is 0 Å². The van der Waals surface area contributed by atoms with Crippen molar-refractivity contribution >= 4 is 17.5 Å². The molecule has 7 nitrogen and oxygen atoms in total. The highest BCUT2D eigenvalue weighted by molar-refractivity contribution is 5.66. The fourth-order valence-corrected chi connectivity index (χ4v) is 2.34. The minimum Gasteiger partial charge on any atom is -0.350 e. The molecule has 0 saturated heterocycles. The van der Waals surface area contributed by atoms with Gasteiger partial charge < -0.3 is 16.4 Å². The maximum Gasteiger partial charge on any atom is 0.224 e. The van der Waals surface area contributed by atoms with E-state index in [1.807, 2.05) is 30.3 Å². The van der Waals surface area contributed by atoms with Crippen LogP contribution in [0.1, 0.15) is 13.3 Å². The van der Waals surface area contributed by atoms with E-state index >= 15 is 0 Å². The van der Waals surface area contributed by atoms with E-state index in [0.29, 0.717) is 24.1 Å². The molecule has 1 atom stereocenters. The summed E-state index contributed by atoms with van der Waals surface area (Å²) < 4.78 is 0. The number of hydrogen-bond donors (Lipinski definition) is 3. The lowest BCUT2D eigenvalue weighted by molar-refractivity contribution is 0.696. The number of nitrogens with zero attached hydrogens (tertiary/aromatic N) is 4. The Balaban J connectivity index is 1.76. The lowest BCUT2D eigenvalue weighted by Crippen LogP contribution is -2.28. The predicted molar refractivity (Wildman–Crippen MR) is 99.5 cm³/mol. The maximum atomic E-state index is 5.72. The summed E-state index contributed by atoms with van der Waals surface area (Å²) in [6, 6.07) is 11.7. The molecule has 0 spiro atoms. The largest absolute Gasteiger partial charge is 0.350 e. The Bertz CT molecular complexity index is 803. The molecule has 3 rings (SSSR count). The summed E-state index contributed by atoms with van der Waals surface area (Å²) in [6.07, 6.45) is 6.08. The van der Waals surface area contributed by atoms with Crippen molar-refractivity contribution in [3.8, 4) is 11.4 Å². The second-order valence-electron chi connectivity index (χ2n) is 5.53. The summed E-state index contributed by atoms with van der Waals surface area (Å²) in [5.41, 5.74) is 7.56. The molecule has 0 bridgehead atoms. The van der Waals surface area contributed by atoms with Crippen molar-refractivity contribution in [1.82, 2.24) is 19.9 Å². The molecule has 3 aromatic rings. The molecule has 0 fully saturated rings. The number of nitrogens with one attached hydrogen (secondary N) is 2. The van der Waals surface area contributed by atoms with E-state index in [9.17, 15) is 0 Å². The zero-order chi connectivity index (χ0) is 17.5. The maximum absolute atomic E-state index is 5.72. The molecule has 1 aromatic carbocycles. The Morgan fingerprint density at radius 3 is 2.64 bits per heavy atom. The third-order valence-electron chi connectivity index (χ3n) is 3.73. The highest BCUT2D eigenvalue weighted by atomic mass is 15.2. The second-order valence-corrected chi connectivity index (χ2v) is 5.53. The zero-order valence-electron chi connectivity index (χ0n) is 14.1. The van der Waals surface area contributed by atoms with Crippen molar-refractivity contribution in [2.75, 3.05) is 17.2 Å². The average Bonchev–Trinajstić information content (AvgIpc) is 2.67. The summed E-state index contributed by atoms with van der Waals surface area (Å²) in [6.45, 7) is 2.61. The quantitative estimate of drug-likeness (QED) is 0.610. The van der Waals surface area contributed by atoms with Crippen LogP contribution in [-0.4, -0.2) is 32.5 Å². The van der Waals surface area contributed by atoms with Crippen LogP contribution in [0.5, 0.6) is 0 Å². The van der Waals surface area contributed by atoms with E-state index in [4.69, 9.17) is 5.73 Å². The number of nitrogens with two attached hydrogens (primary N) is 1. The molecule has 0 unspecified atom stereocenters. The molecule has 0 saturated carbocycles. The zero-order valence-corrected chi connectivity index (χ0v) is 14.1. The fraction of sp³-hybridized carbons (Fsp3) is 0.222. The van der Waals surface area contributed by atoms with E-state index in [1.165, 1.54) is 0 Å². The molecule has 0 aliphatic rings. The minimum absolute atomic E-state index is 0.161. The molecule has 25 heavy (non-hydrogen) atoms. The topological polar surface area (TPSA) is 102 Å². The van der Waals surface area contributed by atoms with Crippen molar-refractivity contribution in [3.05, 3.63) is 55.0 Å². The summed E-state index contributed by atoms with van der Waals surface area (Å²) >= 11 is 0. The first-order chi connectivity index (χ1) is 12.3. The Morgan fingerprint density at radius 1 is 1.04 bits per heavy atom. The lowest BCUT2D eigenvalue weighted by atomic mass is 10.2. The van der Waals surface area contributed by atoms with Gasteiger partial charge in [0.05, 0.1) is 0 Å². The van der Waals surface area contributed by atoms with Gasteiger partial charge in [-0.3, -0.25) is 0 Å². The van der Waals surface area contributed by atoms with Gasteiger partial charge in [0.25, 0.3) is 0 Å². The van der Waals surface area contributed by atoms with Crippen LogP contribution >= 0.6 is 0 Å². The highest BCUT2D eigenvalue weighted by Gasteiger charge is 2.07. The Kier molecular flexibility index (Phi) is 5.48. The molecule has 4 N–H and O–H groups in total. The molecule has 0 aliphatic carbocycles. The first-order valence-electron chi connectivity index (χ1n) is 8.22. The highest BCUT2D eigenvalue weighted by Crippen LogP contribution is 2.21. The predicted octanol–water partition coefficient (Wildman–Crippen LogP) is 2.83. The van der Waals surface area contributed by atoms with Crippen LogP contribution in [-0.2, 0) is 0 Å². The van der Waals surface area contributed by atoms with Crippen LogP contribution in [0.2, 0.25) is 0 Å². The molecular formula is C18H21N7. The van der Waals surface area contributed by atoms with Gasteiger partial charge in [-0.15, -0.1) is 0 Å². The van der Waals surface area contributed by atoms with Gasteiger partial charge in [-0.2, -0.15) is 4.98 Å². The summed E-state index contributed by atoms with van der Waals surface area (Å²) in [5.74, 6) is 1.95. The van der Waals surface area contributed by atoms with Gasteiger partial charge in [-0.05, 0) is 30.7 Å². The third-order valence-corrected chi connectivity index (χ3v) is 3.73. The number of hydrogen-bond acceptors (Lipinski definition) is 7. The van der Waals surface area contributed by atoms with Crippen LogP contribution in [0.4, 0.5) is 17.5 Å². The number of rotatable bonds is 7. The Labute approximate surface area is 146 Å². The van der Waals surface area contributed by atoms with E-state index in [1.54, 1.807) is 24.7 Å². The second kappa shape index (κ2) is 8.16. The van der Waals surface area contributed by atoms with Crippen molar-refractivity contribution in [2.45, 2.75) is 19.4 Å². The Morgan fingerprint density at radius 2 is 1.88 bits per heavy atom. The van der Waals surface area contributed by atoms with Crippen molar-refractivity contribution in [1.29, 1.82) is 0 Å². The molecule has 128 valence electrons. The van der Waals surface area contributed by atoms with E-state index in [0.717, 1.165) is 17.7 Å². The van der Waals surface area contributed by atoms with Gasteiger partial charge >= 0.3 is 0 Å². The van der Waals surface area contributed by atoms with Crippen LogP contribution in [0.15, 0.2) is 55.0 Å². The molecule has 2 heterocycles. The van der Waals surface area contributed by atoms with Gasteiger partial charge in [0, 0.05) is 42.4 Å². The van der Waals surface area contributed by atoms with Crippen molar-refractivity contribution in [2.24, 2.45) is 5.73 Å². The minimum atomic E-state index is 0.161. The number of aromatic nitrogens is 4. The van der Waals surface area contributed by atoms with Crippen LogP contribution in [0.3, 0.4) is 0 Å². The molecule has 2 aromatic heterocycles. The van der Waals surface area contributed by atoms with Gasteiger partial charge in [0.2, 0.25) is 5.95 Å². The standard InChI is InChI=1S/C18H21N7/c1-2-14(12-19)24-18-22-10-7-16(25-18)23-15-6-3-5-13(11-15)17-20-8-4-9-21-17/h3-11,14H,2,12,19H2,1H3,(H2,22,23,24,25)/t14-/m1/s1. The first-order valence-corrected chi connectivity index (χ1v) is 8.22. The third kappa shape index (κ3) is 4.48. The smallest absolute Gasteiger partial charge is 0.224 e. The lowest BCUT2D eigenvalue weighted by Gasteiger charge is -2.15. The SMILES string of the molecule is CC[C@H](CN)Nc1nccc(Nc2cccc(-c3ncccn3)c2)n1. The molecule has 0 radical (unpaired) electrons.